The van der Waals surface area contributed by atoms with E-state index < -0.39 is 4.92 Å². The number of hydrogen-bond donors (Lipinski definition) is 0. The summed E-state index contributed by atoms with van der Waals surface area (Å²) in [5.41, 5.74) is 1.98. The van der Waals surface area contributed by atoms with Crippen molar-refractivity contribution >= 4 is 28.5 Å². The third-order valence-corrected chi connectivity index (χ3v) is 4.17. The Labute approximate surface area is 145 Å². The minimum absolute atomic E-state index is 0.0311. The molecule has 0 aliphatic rings. The number of nitrogens with zero attached hydrogens (tertiary/aromatic N) is 4. The molecular weight excluding hydrogens is 344 g/mol. The van der Waals surface area contributed by atoms with Crippen molar-refractivity contribution in [3.05, 3.63) is 64.5 Å². The molecule has 4 rings (SSSR count). The first-order valence-electron chi connectivity index (χ1n) is 7.24. The largest absolute Gasteiger partial charge is 0.440 e. The topological polar surface area (TPSA) is 108 Å². The molecule has 4 aromatic rings. The van der Waals surface area contributed by atoms with E-state index in [1.54, 1.807) is 12.1 Å². The predicted octanol–water partition coefficient (Wildman–Crippen LogP) is 4.08. The molecule has 25 heavy (non-hydrogen) atoms. The van der Waals surface area contributed by atoms with E-state index in [1.165, 1.54) is 23.9 Å². The molecule has 0 bridgehead atoms. The van der Waals surface area contributed by atoms with Crippen molar-refractivity contribution in [2.75, 3.05) is 0 Å². The van der Waals surface area contributed by atoms with Crippen LogP contribution in [0.1, 0.15) is 5.89 Å². The molecule has 0 atom stereocenters. The average Bonchev–Trinajstić information content (AvgIpc) is 3.26. The zero-order valence-electron chi connectivity index (χ0n) is 12.7. The number of aromatic nitrogens is 3. The van der Waals surface area contributed by atoms with Gasteiger partial charge in [0.2, 0.25) is 11.8 Å². The van der Waals surface area contributed by atoms with Gasteiger partial charge in [0.1, 0.15) is 5.52 Å². The highest BCUT2D eigenvalue weighted by molar-refractivity contribution is 7.98. The maximum absolute atomic E-state index is 10.8. The minimum atomic E-state index is -0.469. The molecule has 0 spiro atoms. The number of hydrogen-bond acceptors (Lipinski definition) is 8. The summed E-state index contributed by atoms with van der Waals surface area (Å²) < 4.78 is 11.2. The molecule has 2 aromatic heterocycles. The van der Waals surface area contributed by atoms with Crippen molar-refractivity contribution < 1.29 is 13.8 Å². The van der Waals surface area contributed by atoms with E-state index in [0.29, 0.717) is 22.4 Å². The van der Waals surface area contributed by atoms with Crippen LogP contribution in [-0.2, 0) is 5.75 Å². The smallest absolute Gasteiger partial charge is 0.277 e. The van der Waals surface area contributed by atoms with Crippen LogP contribution in [0.5, 0.6) is 0 Å². The molecule has 8 nitrogen and oxygen atoms in total. The van der Waals surface area contributed by atoms with Crippen LogP contribution < -0.4 is 0 Å². The van der Waals surface area contributed by atoms with Crippen molar-refractivity contribution in [2.45, 2.75) is 11.0 Å². The third kappa shape index (κ3) is 3.22. The summed E-state index contributed by atoms with van der Waals surface area (Å²) in [6.45, 7) is 0. The molecule has 0 aliphatic carbocycles. The fourth-order valence-corrected chi connectivity index (χ4v) is 2.85. The lowest BCUT2D eigenvalue weighted by atomic mass is 10.2. The Morgan fingerprint density at radius 2 is 1.96 bits per heavy atom. The third-order valence-electron chi connectivity index (χ3n) is 3.37. The van der Waals surface area contributed by atoms with Gasteiger partial charge in [0.25, 0.3) is 10.9 Å². The van der Waals surface area contributed by atoms with Crippen LogP contribution in [0.15, 0.2) is 62.6 Å². The maximum atomic E-state index is 10.8. The van der Waals surface area contributed by atoms with Crippen LogP contribution in [0.2, 0.25) is 0 Å². The van der Waals surface area contributed by atoms with E-state index in [2.05, 4.69) is 15.2 Å². The number of benzene rings is 2. The summed E-state index contributed by atoms with van der Waals surface area (Å²) in [5, 5.41) is 19.1. The number of fused-ring (bicyclic) bond motifs is 1. The van der Waals surface area contributed by atoms with Gasteiger partial charge in [-0.15, -0.1) is 10.2 Å². The second kappa shape index (κ2) is 6.36. The number of oxazole rings is 1. The van der Waals surface area contributed by atoms with E-state index in [-0.39, 0.29) is 11.6 Å². The number of nitro groups is 1. The van der Waals surface area contributed by atoms with Gasteiger partial charge in [-0.25, -0.2) is 4.98 Å². The van der Waals surface area contributed by atoms with Gasteiger partial charge in [-0.05, 0) is 18.2 Å². The SMILES string of the molecule is O=[N+]([O-])c1cccc(-c2nnc(SCc3nc4ccccc4o3)o2)c1. The zero-order valence-corrected chi connectivity index (χ0v) is 13.5. The second-order valence-electron chi connectivity index (χ2n) is 5.04. The second-order valence-corrected chi connectivity index (χ2v) is 5.97. The van der Waals surface area contributed by atoms with Gasteiger partial charge in [-0.1, -0.05) is 30.0 Å². The Kier molecular flexibility index (Phi) is 3.90. The van der Waals surface area contributed by atoms with E-state index in [4.69, 9.17) is 8.83 Å². The lowest BCUT2D eigenvalue weighted by Crippen LogP contribution is -1.88. The Bertz CT molecular complexity index is 1030. The highest BCUT2D eigenvalue weighted by Gasteiger charge is 2.14. The highest BCUT2D eigenvalue weighted by Crippen LogP contribution is 2.28. The van der Waals surface area contributed by atoms with Crippen molar-refractivity contribution in [3.8, 4) is 11.5 Å². The molecule has 0 fully saturated rings. The fourth-order valence-electron chi connectivity index (χ4n) is 2.24. The Morgan fingerprint density at radius 1 is 1.08 bits per heavy atom. The van der Waals surface area contributed by atoms with Gasteiger partial charge in [0.15, 0.2) is 5.58 Å². The lowest BCUT2D eigenvalue weighted by molar-refractivity contribution is -0.384. The molecule has 0 saturated carbocycles. The number of para-hydroxylation sites is 2. The predicted molar refractivity (Wildman–Crippen MR) is 90.0 cm³/mol. The Hall–Kier alpha value is -3.20. The average molecular weight is 354 g/mol. The Balaban J connectivity index is 1.49. The summed E-state index contributed by atoms with van der Waals surface area (Å²) >= 11 is 1.28. The van der Waals surface area contributed by atoms with Crippen molar-refractivity contribution in [3.63, 3.8) is 0 Å². The molecule has 0 saturated heterocycles. The molecule has 9 heteroatoms. The molecule has 0 N–H and O–H groups in total. The normalized spacial score (nSPS) is 11.0. The molecular formula is C16H10N4O4S. The zero-order chi connectivity index (χ0) is 17.2. The van der Waals surface area contributed by atoms with Gasteiger partial charge in [0, 0.05) is 17.7 Å². The molecule has 0 amide bonds. The number of rotatable bonds is 5. The number of nitro benzene ring substituents is 1. The van der Waals surface area contributed by atoms with Crippen LogP contribution in [0.25, 0.3) is 22.6 Å². The summed E-state index contributed by atoms with van der Waals surface area (Å²) in [6.07, 6.45) is 0. The summed E-state index contributed by atoms with van der Waals surface area (Å²) in [4.78, 5) is 14.7. The van der Waals surface area contributed by atoms with Gasteiger partial charge in [-0.3, -0.25) is 10.1 Å². The first kappa shape index (κ1) is 15.3. The number of thioether (sulfide) groups is 1. The maximum Gasteiger partial charge on any atom is 0.277 e. The van der Waals surface area contributed by atoms with E-state index >= 15 is 0 Å². The van der Waals surface area contributed by atoms with Crippen LogP contribution in [0.3, 0.4) is 0 Å². The number of non-ortho nitro benzene ring substituents is 1. The summed E-state index contributed by atoms with van der Waals surface area (Å²) in [5.74, 6) is 1.22. The summed E-state index contributed by atoms with van der Waals surface area (Å²) in [6, 6.07) is 13.5. The fraction of sp³-hybridized carbons (Fsp3) is 0.0625. The van der Waals surface area contributed by atoms with Gasteiger partial charge in [0.05, 0.1) is 10.7 Å². The molecule has 0 radical (unpaired) electrons. The van der Waals surface area contributed by atoms with Crippen molar-refractivity contribution in [1.29, 1.82) is 0 Å². The van der Waals surface area contributed by atoms with Crippen LogP contribution in [0.4, 0.5) is 5.69 Å². The highest BCUT2D eigenvalue weighted by atomic mass is 32.2. The first-order valence-corrected chi connectivity index (χ1v) is 8.23. The van der Waals surface area contributed by atoms with Gasteiger partial charge >= 0.3 is 0 Å². The van der Waals surface area contributed by atoms with Gasteiger partial charge < -0.3 is 8.83 Å². The van der Waals surface area contributed by atoms with E-state index in [0.717, 1.165) is 11.1 Å². The van der Waals surface area contributed by atoms with Crippen LogP contribution in [-0.4, -0.2) is 20.1 Å². The first-order chi connectivity index (χ1) is 12.2. The summed E-state index contributed by atoms with van der Waals surface area (Å²) in [7, 11) is 0. The van der Waals surface area contributed by atoms with Crippen LogP contribution in [0, 0.1) is 10.1 Å². The molecule has 2 heterocycles. The van der Waals surface area contributed by atoms with Crippen molar-refractivity contribution in [1.82, 2.24) is 15.2 Å². The van der Waals surface area contributed by atoms with Crippen LogP contribution >= 0.6 is 11.8 Å². The van der Waals surface area contributed by atoms with Gasteiger partial charge in [-0.2, -0.15) is 0 Å². The lowest BCUT2D eigenvalue weighted by Gasteiger charge is -1.95. The van der Waals surface area contributed by atoms with E-state index in [1.807, 2.05) is 24.3 Å². The Morgan fingerprint density at radius 3 is 2.80 bits per heavy atom. The molecule has 0 aliphatic heterocycles. The molecule has 124 valence electrons. The standard InChI is InChI=1S/C16H10N4O4S/c21-20(22)11-5-3-4-10(8-11)15-18-19-16(24-15)25-9-14-17-12-6-1-2-7-13(12)23-14/h1-8H,9H2. The molecule has 0 unspecified atom stereocenters. The monoisotopic (exact) mass is 354 g/mol. The molecule has 2 aromatic carbocycles. The van der Waals surface area contributed by atoms with E-state index in [9.17, 15) is 10.1 Å². The minimum Gasteiger partial charge on any atom is -0.440 e. The quantitative estimate of drug-likeness (QED) is 0.300. The van der Waals surface area contributed by atoms with Crippen molar-refractivity contribution in [2.24, 2.45) is 0 Å².